The largest absolute Gasteiger partial charge is 0.478 e. The Morgan fingerprint density at radius 3 is 2.67 bits per heavy atom. The summed E-state index contributed by atoms with van der Waals surface area (Å²) in [5.74, 6) is -1.29. The van der Waals surface area contributed by atoms with Gasteiger partial charge in [0.2, 0.25) is 0 Å². The van der Waals surface area contributed by atoms with E-state index in [1.807, 2.05) is 6.92 Å². The summed E-state index contributed by atoms with van der Waals surface area (Å²) in [6.07, 6.45) is 1.41. The van der Waals surface area contributed by atoms with Gasteiger partial charge >= 0.3 is 5.97 Å². The van der Waals surface area contributed by atoms with Gasteiger partial charge in [0.1, 0.15) is 0 Å². The number of aromatic carboxylic acids is 1. The smallest absolute Gasteiger partial charge is 0.335 e. The van der Waals surface area contributed by atoms with Crippen molar-refractivity contribution in [2.75, 3.05) is 0 Å². The number of aromatic nitrogens is 2. The fourth-order valence-electron chi connectivity index (χ4n) is 1.90. The number of nitrogens with one attached hydrogen (secondary N) is 1. The van der Waals surface area contributed by atoms with Gasteiger partial charge in [0.25, 0.3) is 5.91 Å². The van der Waals surface area contributed by atoms with E-state index in [2.05, 4.69) is 15.3 Å². The zero-order valence-corrected chi connectivity index (χ0v) is 11.8. The second-order valence-electron chi connectivity index (χ2n) is 4.61. The zero-order valence-electron chi connectivity index (χ0n) is 11.8. The molecule has 0 spiro atoms. The molecule has 21 heavy (non-hydrogen) atoms. The molecule has 0 bridgehead atoms. The first-order valence-corrected chi connectivity index (χ1v) is 6.38. The molecule has 2 rings (SSSR count). The van der Waals surface area contributed by atoms with Gasteiger partial charge in [-0.05, 0) is 38.1 Å². The lowest BCUT2D eigenvalue weighted by Crippen LogP contribution is -2.24. The zero-order chi connectivity index (χ0) is 15.4. The maximum Gasteiger partial charge on any atom is 0.335 e. The number of amides is 1. The molecule has 2 heterocycles. The minimum absolute atomic E-state index is 0.141. The van der Waals surface area contributed by atoms with E-state index in [9.17, 15) is 9.59 Å². The highest BCUT2D eigenvalue weighted by atomic mass is 16.4. The Morgan fingerprint density at radius 2 is 2.00 bits per heavy atom. The first kappa shape index (κ1) is 14.6. The van der Waals surface area contributed by atoms with Gasteiger partial charge in [-0.25, -0.2) is 4.79 Å². The van der Waals surface area contributed by atoms with Gasteiger partial charge in [0.15, 0.2) is 0 Å². The molecule has 0 aliphatic heterocycles. The van der Waals surface area contributed by atoms with E-state index in [0.29, 0.717) is 17.0 Å². The predicted octanol–water partition coefficient (Wildman–Crippen LogP) is 1.72. The minimum Gasteiger partial charge on any atom is -0.478 e. The molecule has 108 valence electrons. The minimum atomic E-state index is -1.02. The fourth-order valence-corrected chi connectivity index (χ4v) is 1.90. The molecule has 2 aromatic rings. The van der Waals surface area contributed by atoms with E-state index in [4.69, 9.17) is 5.11 Å². The highest BCUT2D eigenvalue weighted by Crippen LogP contribution is 2.07. The van der Waals surface area contributed by atoms with Crippen molar-refractivity contribution in [2.45, 2.75) is 20.4 Å². The van der Waals surface area contributed by atoms with Crippen LogP contribution >= 0.6 is 0 Å². The van der Waals surface area contributed by atoms with Crippen LogP contribution in [0.5, 0.6) is 0 Å². The van der Waals surface area contributed by atoms with Crippen LogP contribution in [0.2, 0.25) is 0 Å². The summed E-state index contributed by atoms with van der Waals surface area (Å²) in [7, 11) is 0. The lowest BCUT2D eigenvalue weighted by Gasteiger charge is -2.08. The Bertz CT molecular complexity index is 698. The number of aryl methyl sites for hydroxylation is 2. The highest BCUT2D eigenvalue weighted by molar-refractivity contribution is 5.95. The van der Waals surface area contributed by atoms with Crippen LogP contribution in [0, 0.1) is 13.8 Å². The van der Waals surface area contributed by atoms with Crippen LogP contribution in [0.3, 0.4) is 0 Å². The van der Waals surface area contributed by atoms with Crippen molar-refractivity contribution in [3.05, 3.63) is 58.7 Å². The Labute approximate surface area is 121 Å². The number of nitrogens with zero attached hydrogens (tertiary/aromatic N) is 2. The molecule has 0 atom stereocenters. The third-order valence-electron chi connectivity index (χ3n) is 2.96. The number of carbonyl (C=O) groups is 2. The molecule has 0 fully saturated rings. The van der Waals surface area contributed by atoms with Crippen molar-refractivity contribution >= 4 is 11.9 Å². The van der Waals surface area contributed by atoms with Crippen molar-refractivity contribution in [1.29, 1.82) is 0 Å². The van der Waals surface area contributed by atoms with Crippen LogP contribution in [-0.2, 0) is 6.54 Å². The van der Waals surface area contributed by atoms with E-state index < -0.39 is 5.97 Å². The fraction of sp³-hybridized carbons (Fsp3) is 0.200. The number of hydrogen-bond acceptors (Lipinski definition) is 4. The van der Waals surface area contributed by atoms with Gasteiger partial charge in [-0.1, -0.05) is 0 Å². The highest BCUT2D eigenvalue weighted by Gasteiger charge is 2.10. The number of pyridine rings is 2. The SMILES string of the molecule is Cc1ccc(C(=O)NCc2cc(C(=O)O)ccn2)c(C)n1. The molecular formula is C15H15N3O3. The van der Waals surface area contributed by atoms with Crippen LogP contribution in [-0.4, -0.2) is 27.0 Å². The second-order valence-corrected chi connectivity index (χ2v) is 4.61. The number of carboxylic acids is 1. The van der Waals surface area contributed by atoms with Crippen molar-refractivity contribution < 1.29 is 14.7 Å². The summed E-state index contributed by atoms with van der Waals surface area (Å²) < 4.78 is 0. The summed E-state index contributed by atoms with van der Waals surface area (Å²) in [5, 5.41) is 11.6. The number of carboxylic acid groups (broad SMARTS) is 1. The topological polar surface area (TPSA) is 92.2 Å². The molecule has 1 amide bonds. The lowest BCUT2D eigenvalue weighted by atomic mass is 10.1. The molecule has 0 saturated carbocycles. The summed E-state index contributed by atoms with van der Waals surface area (Å²) in [4.78, 5) is 31.2. The first-order valence-electron chi connectivity index (χ1n) is 6.38. The number of hydrogen-bond donors (Lipinski definition) is 2. The summed E-state index contributed by atoms with van der Waals surface area (Å²) >= 11 is 0. The van der Waals surface area contributed by atoms with Gasteiger partial charge < -0.3 is 10.4 Å². The molecule has 0 unspecified atom stereocenters. The van der Waals surface area contributed by atoms with Crippen LogP contribution in [0.25, 0.3) is 0 Å². The quantitative estimate of drug-likeness (QED) is 0.892. The Kier molecular flexibility index (Phi) is 4.27. The summed E-state index contributed by atoms with van der Waals surface area (Å²) in [6, 6.07) is 6.32. The molecule has 2 aromatic heterocycles. The van der Waals surface area contributed by atoms with E-state index in [1.54, 1.807) is 19.1 Å². The van der Waals surface area contributed by atoms with Crippen LogP contribution in [0.15, 0.2) is 30.5 Å². The third kappa shape index (κ3) is 3.62. The van der Waals surface area contributed by atoms with Crippen molar-refractivity contribution in [2.24, 2.45) is 0 Å². The molecule has 0 saturated heterocycles. The van der Waals surface area contributed by atoms with Crippen LogP contribution in [0.1, 0.15) is 37.8 Å². The normalized spacial score (nSPS) is 10.2. The summed E-state index contributed by atoms with van der Waals surface area (Å²) in [5.41, 5.74) is 2.62. The van der Waals surface area contributed by atoms with Crippen LogP contribution < -0.4 is 5.32 Å². The van der Waals surface area contributed by atoms with Crippen molar-refractivity contribution in [1.82, 2.24) is 15.3 Å². The van der Waals surface area contributed by atoms with Gasteiger partial charge in [-0.15, -0.1) is 0 Å². The molecule has 0 aliphatic rings. The molecular weight excluding hydrogens is 270 g/mol. The molecule has 0 aromatic carbocycles. The maximum atomic E-state index is 12.1. The third-order valence-corrected chi connectivity index (χ3v) is 2.96. The first-order chi connectivity index (χ1) is 9.97. The molecule has 2 N–H and O–H groups in total. The Morgan fingerprint density at radius 1 is 1.24 bits per heavy atom. The summed E-state index contributed by atoms with van der Waals surface area (Å²) in [6.45, 7) is 3.79. The van der Waals surface area contributed by atoms with Crippen molar-refractivity contribution in [3.8, 4) is 0 Å². The number of carbonyl (C=O) groups excluding carboxylic acids is 1. The van der Waals surface area contributed by atoms with Gasteiger partial charge in [-0.2, -0.15) is 0 Å². The van der Waals surface area contributed by atoms with E-state index in [1.165, 1.54) is 18.3 Å². The second kappa shape index (κ2) is 6.13. The van der Waals surface area contributed by atoms with Gasteiger partial charge in [0.05, 0.1) is 29.1 Å². The van der Waals surface area contributed by atoms with E-state index in [-0.39, 0.29) is 18.0 Å². The van der Waals surface area contributed by atoms with Gasteiger partial charge in [0, 0.05) is 11.9 Å². The van der Waals surface area contributed by atoms with Crippen molar-refractivity contribution in [3.63, 3.8) is 0 Å². The average Bonchev–Trinajstić information content (AvgIpc) is 2.45. The monoisotopic (exact) mass is 285 g/mol. The molecule has 6 nitrogen and oxygen atoms in total. The maximum absolute atomic E-state index is 12.1. The van der Waals surface area contributed by atoms with E-state index in [0.717, 1.165) is 5.69 Å². The average molecular weight is 285 g/mol. The molecule has 0 aliphatic carbocycles. The Balaban J connectivity index is 2.07. The molecule has 6 heteroatoms. The molecule has 0 radical (unpaired) electrons. The predicted molar refractivity (Wildman–Crippen MR) is 76.1 cm³/mol. The lowest BCUT2D eigenvalue weighted by molar-refractivity contribution is 0.0696. The Hall–Kier alpha value is -2.76. The van der Waals surface area contributed by atoms with Crippen LogP contribution in [0.4, 0.5) is 0 Å². The number of rotatable bonds is 4. The van der Waals surface area contributed by atoms with E-state index >= 15 is 0 Å². The standard InChI is InChI=1S/C15H15N3O3/c1-9-3-4-13(10(2)18-9)14(19)17-8-12-7-11(15(20)21)5-6-16-12/h3-7H,8H2,1-2H3,(H,17,19)(H,20,21). The van der Waals surface area contributed by atoms with Gasteiger partial charge in [-0.3, -0.25) is 14.8 Å².